The molecule has 6 heteroatoms. The first kappa shape index (κ1) is 18.0. The number of hydrogen-bond donors (Lipinski definition) is 0. The van der Waals surface area contributed by atoms with Crippen molar-refractivity contribution in [3.63, 3.8) is 0 Å². The minimum absolute atomic E-state index is 0.0496. The Labute approximate surface area is 149 Å². The van der Waals surface area contributed by atoms with E-state index in [9.17, 15) is 4.79 Å². The van der Waals surface area contributed by atoms with Crippen LogP contribution in [0.2, 0.25) is 0 Å². The number of nitrogens with zero attached hydrogens (tertiary/aromatic N) is 2. The van der Waals surface area contributed by atoms with Crippen molar-refractivity contribution in [1.29, 1.82) is 0 Å². The van der Waals surface area contributed by atoms with Gasteiger partial charge in [-0.25, -0.2) is 0 Å². The van der Waals surface area contributed by atoms with E-state index in [0.717, 1.165) is 32.5 Å². The summed E-state index contributed by atoms with van der Waals surface area (Å²) in [6.45, 7) is 9.32. The van der Waals surface area contributed by atoms with Gasteiger partial charge in [0.25, 0.3) is 11.9 Å². The summed E-state index contributed by atoms with van der Waals surface area (Å²) in [5.41, 5.74) is 0. The van der Waals surface area contributed by atoms with E-state index >= 15 is 0 Å². The van der Waals surface area contributed by atoms with Gasteiger partial charge in [0.2, 0.25) is 0 Å². The number of carbonyl (C=O) groups excluding carboxylic acids is 1. The van der Waals surface area contributed by atoms with Gasteiger partial charge in [-0.3, -0.25) is 9.69 Å². The van der Waals surface area contributed by atoms with Crippen molar-refractivity contribution in [2.45, 2.75) is 31.8 Å². The summed E-state index contributed by atoms with van der Waals surface area (Å²) in [5, 5.41) is 0. The summed E-state index contributed by atoms with van der Waals surface area (Å²) < 4.78 is 17.0. The maximum absolute atomic E-state index is 12.4. The third-order valence-electron chi connectivity index (χ3n) is 4.73. The predicted octanol–water partition coefficient (Wildman–Crippen LogP) is 2.56. The van der Waals surface area contributed by atoms with Crippen LogP contribution in [-0.2, 0) is 4.74 Å². The molecule has 0 aromatic carbocycles. The van der Waals surface area contributed by atoms with E-state index in [0.29, 0.717) is 38.0 Å². The fourth-order valence-corrected chi connectivity index (χ4v) is 3.33. The molecule has 0 aliphatic carbocycles. The second-order valence-electron chi connectivity index (χ2n) is 6.64. The van der Waals surface area contributed by atoms with Crippen LogP contribution >= 0.6 is 0 Å². The Morgan fingerprint density at radius 3 is 2.72 bits per heavy atom. The Kier molecular flexibility index (Phi) is 6.53. The topological polar surface area (TPSA) is 55.2 Å². The van der Waals surface area contributed by atoms with Crippen LogP contribution in [-0.4, -0.2) is 67.7 Å². The van der Waals surface area contributed by atoms with E-state index in [2.05, 4.69) is 11.5 Å². The van der Waals surface area contributed by atoms with Crippen molar-refractivity contribution in [1.82, 2.24) is 9.80 Å². The molecule has 138 valence electrons. The number of morpholine rings is 1. The summed E-state index contributed by atoms with van der Waals surface area (Å²) in [5.74, 6) is 0.658. The Hall–Kier alpha value is -1.79. The summed E-state index contributed by atoms with van der Waals surface area (Å²) >= 11 is 0. The van der Waals surface area contributed by atoms with Crippen LogP contribution in [0.3, 0.4) is 0 Å². The average molecular weight is 348 g/mol. The molecule has 0 spiro atoms. The predicted molar refractivity (Wildman–Crippen MR) is 95.0 cm³/mol. The quantitative estimate of drug-likeness (QED) is 0.676. The lowest BCUT2D eigenvalue weighted by molar-refractivity contribution is 0.0274. The van der Waals surface area contributed by atoms with Crippen LogP contribution in [0, 0.1) is 0 Å². The molecule has 1 aromatic rings. The van der Waals surface area contributed by atoms with Gasteiger partial charge in [0.1, 0.15) is 6.10 Å². The molecular formula is C19H28N2O4. The van der Waals surface area contributed by atoms with Gasteiger partial charge in [0.05, 0.1) is 13.2 Å². The van der Waals surface area contributed by atoms with Crippen LogP contribution in [0.15, 0.2) is 29.2 Å². The van der Waals surface area contributed by atoms with Gasteiger partial charge in [0.15, 0.2) is 5.76 Å². The Bertz CT molecular complexity index is 560. The zero-order valence-electron chi connectivity index (χ0n) is 14.8. The monoisotopic (exact) mass is 348 g/mol. The molecular weight excluding hydrogens is 320 g/mol. The third kappa shape index (κ3) is 5.09. The summed E-state index contributed by atoms with van der Waals surface area (Å²) in [6.07, 6.45) is 6.27. The Morgan fingerprint density at radius 2 is 2.00 bits per heavy atom. The molecule has 0 unspecified atom stereocenters. The van der Waals surface area contributed by atoms with Crippen molar-refractivity contribution in [2.75, 3.05) is 45.9 Å². The van der Waals surface area contributed by atoms with E-state index in [1.807, 2.05) is 6.08 Å². The van der Waals surface area contributed by atoms with Crippen LogP contribution in [0.1, 0.15) is 36.2 Å². The maximum atomic E-state index is 12.4. The molecule has 0 N–H and O–H groups in total. The summed E-state index contributed by atoms with van der Waals surface area (Å²) in [4.78, 5) is 16.6. The fourth-order valence-electron chi connectivity index (χ4n) is 3.33. The first-order valence-electron chi connectivity index (χ1n) is 9.23. The third-order valence-corrected chi connectivity index (χ3v) is 4.73. The smallest absolute Gasteiger partial charge is 0.289 e. The number of likely N-dealkylation sites (tertiary alicyclic amines) is 1. The summed E-state index contributed by atoms with van der Waals surface area (Å²) in [6, 6.07) is 3.45. The van der Waals surface area contributed by atoms with Crippen molar-refractivity contribution in [2.24, 2.45) is 0 Å². The molecule has 3 rings (SSSR count). The Morgan fingerprint density at radius 1 is 1.24 bits per heavy atom. The maximum Gasteiger partial charge on any atom is 0.289 e. The second kappa shape index (κ2) is 9.06. The number of carbonyl (C=O) groups is 1. The summed E-state index contributed by atoms with van der Waals surface area (Å²) in [7, 11) is 0. The molecule has 3 heterocycles. The first-order chi connectivity index (χ1) is 12.3. The normalized spacial score (nSPS) is 19.8. The number of hydrogen-bond acceptors (Lipinski definition) is 5. The molecule has 2 saturated heterocycles. The molecule has 1 aromatic heterocycles. The van der Waals surface area contributed by atoms with Crippen LogP contribution in [0.4, 0.5) is 0 Å². The molecule has 0 saturated carbocycles. The minimum atomic E-state index is -0.0969. The van der Waals surface area contributed by atoms with Crippen LogP contribution in [0.25, 0.3) is 0 Å². The fraction of sp³-hybridized carbons (Fsp3) is 0.632. The molecule has 2 aliphatic heterocycles. The van der Waals surface area contributed by atoms with Gasteiger partial charge in [-0.05, 0) is 44.8 Å². The van der Waals surface area contributed by atoms with E-state index < -0.39 is 0 Å². The van der Waals surface area contributed by atoms with Gasteiger partial charge in [-0.2, -0.15) is 0 Å². The van der Waals surface area contributed by atoms with Crippen LogP contribution < -0.4 is 4.74 Å². The number of rotatable bonds is 8. The van der Waals surface area contributed by atoms with E-state index in [1.165, 1.54) is 12.8 Å². The molecule has 25 heavy (non-hydrogen) atoms. The standard InChI is InChI=1S/C19H28N2O4/c1-2-3-6-16(15-20-9-4-5-10-20)24-18-8-7-17(25-18)19(22)21-11-13-23-14-12-21/h2,7-8,16H,1,3-6,9-15H2/t16-/m0/s1. The largest absolute Gasteiger partial charge is 0.460 e. The molecule has 2 fully saturated rings. The van der Waals surface area contributed by atoms with Gasteiger partial charge in [-0.1, -0.05) is 6.08 Å². The zero-order valence-corrected chi connectivity index (χ0v) is 14.8. The van der Waals surface area contributed by atoms with Gasteiger partial charge < -0.3 is 18.8 Å². The van der Waals surface area contributed by atoms with Gasteiger partial charge >= 0.3 is 0 Å². The Balaban J connectivity index is 1.58. The lowest BCUT2D eigenvalue weighted by Gasteiger charge is -2.25. The second-order valence-corrected chi connectivity index (χ2v) is 6.64. The highest BCUT2D eigenvalue weighted by molar-refractivity contribution is 5.91. The molecule has 0 radical (unpaired) electrons. The van der Waals surface area contributed by atoms with Crippen LogP contribution in [0.5, 0.6) is 5.95 Å². The van der Waals surface area contributed by atoms with Crippen molar-refractivity contribution >= 4 is 5.91 Å². The number of allylic oxidation sites excluding steroid dienone is 1. The first-order valence-corrected chi connectivity index (χ1v) is 9.23. The van der Waals surface area contributed by atoms with Gasteiger partial charge in [0, 0.05) is 25.7 Å². The van der Waals surface area contributed by atoms with E-state index in [1.54, 1.807) is 17.0 Å². The SMILES string of the molecule is C=CCC[C@@H](CN1CCCC1)Oc1ccc(C(=O)N2CCOCC2)o1. The minimum Gasteiger partial charge on any atom is -0.460 e. The zero-order chi connectivity index (χ0) is 17.5. The highest BCUT2D eigenvalue weighted by Gasteiger charge is 2.23. The van der Waals surface area contributed by atoms with E-state index in [-0.39, 0.29) is 12.0 Å². The highest BCUT2D eigenvalue weighted by Crippen LogP contribution is 2.22. The van der Waals surface area contributed by atoms with Gasteiger partial charge in [-0.15, -0.1) is 6.58 Å². The van der Waals surface area contributed by atoms with Crippen molar-refractivity contribution < 1.29 is 18.7 Å². The molecule has 1 atom stereocenters. The molecule has 0 bridgehead atoms. The van der Waals surface area contributed by atoms with Crippen molar-refractivity contribution in [3.05, 3.63) is 30.5 Å². The number of furan rings is 1. The molecule has 1 amide bonds. The lowest BCUT2D eigenvalue weighted by atomic mass is 10.2. The van der Waals surface area contributed by atoms with Crippen molar-refractivity contribution in [3.8, 4) is 5.95 Å². The number of ether oxygens (including phenoxy) is 2. The average Bonchev–Trinajstić information content (AvgIpc) is 3.32. The highest BCUT2D eigenvalue weighted by atomic mass is 16.6. The lowest BCUT2D eigenvalue weighted by Crippen LogP contribution is -2.40. The number of amides is 1. The van der Waals surface area contributed by atoms with E-state index in [4.69, 9.17) is 13.9 Å². The molecule has 2 aliphatic rings. The molecule has 6 nitrogen and oxygen atoms in total.